The van der Waals surface area contributed by atoms with Gasteiger partial charge in [-0.25, -0.2) is 0 Å². The molecule has 0 unspecified atom stereocenters. The number of hydrogen-bond acceptors (Lipinski definition) is 5. The van der Waals surface area contributed by atoms with Gasteiger partial charge < -0.3 is 14.4 Å². The molecule has 2 amide bonds. The lowest BCUT2D eigenvalue weighted by atomic mass is 9.94. The monoisotopic (exact) mass is 394 g/mol. The second kappa shape index (κ2) is 7.57. The lowest BCUT2D eigenvalue weighted by molar-refractivity contribution is -0.140. The highest BCUT2D eigenvalue weighted by molar-refractivity contribution is 5.92. The summed E-state index contributed by atoms with van der Waals surface area (Å²) in [4.78, 5) is 34.6. The first kappa shape index (κ1) is 18.3. The molecular formula is C21H26N6O2. The highest BCUT2D eigenvalue weighted by Gasteiger charge is 2.42. The van der Waals surface area contributed by atoms with Crippen LogP contribution in [-0.2, 0) is 24.3 Å². The summed E-state index contributed by atoms with van der Waals surface area (Å²) >= 11 is 0. The number of piperidine rings is 1. The minimum Gasteiger partial charge on any atom is -0.333 e. The van der Waals surface area contributed by atoms with E-state index in [1.807, 2.05) is 32.6 Å². The summed E-state index contributed by atoms with van der Waals surface area (Å²) in [6.07, 6.45) is 7.69. The SMILES string of the molecule is O=C(c1nnc2n1CCCCC2)N1C[C@@H]2CC[C@H](C1)N(Cc1ccccn1)C2=O. The van der Waals surface area contributed by atoms with Gasteiger partial charge in [0.05, 0.1) is 18.2 Å². The normalized spacial score (nSPS) is 24.2. The molecule has 6 rings (SSSR count). The molecule has 0 aliphatic carbocycles. The number of rotatable bonds is 3. The molecule has 0 saturated carbocycles. The Morgan fingerprint density at radius 2 is 2.03 bits per heavy atom. The van der Waals surface area contributed by atoms with Gasteiger partial charge in [-0.2, -0.15) is 0 Å². The van der Waals surface area contributed by atoms with Crippen LogP contribution in [0.4, 0.5) is 0 Å². The predicted octanol–water partition coefficient (Wildman–Crippen LogP) is 1.66. The maximum atomic E-state index is 13.3. The first-order valence-corrected chi connectivity index (χ1v) is 10.6. The second-order valence-electron chi connectivity index (χ2n) is 8.33. The van der Waals surface area contributed by atoms with Gasteiger partial charge in [0.1, 0.15) is 5.82 Å². The Hall–Kier alpha value is -2.77. The van der Waals surface area contributed by atoms with Crippen molar-refractivity contribution < 1.29 is 9.59 Å². The Balaban J connectivity index is 1.38. The molecule has 0 aromatic carbocycles. The molecular weight excluding hydrogens is 368 g/mol. The van der Waals surface area contributed by atoms with E-state index in [0.29, 0.717) is 25.5 Å². The van der Waals surface area contributed by atoms with Crippen LogP contribution >= 0.6 is 0 Å². The van der Waals surface area contributed by atoms with Gasteiger partial charge in [-0.3, -0.25) is 14.6 Å². The number of fused-ring (bicyclic) bond motifs is 5. The molecule has 4 aliphatic heterocycles. The first-order valence-electron chi connectivity index (χ1n) is 10.6. The van der Waals surface area contributed by atoms with Gasteiger partial charge in [-0.1, -0.05) is 12.5 Å². The molecule has 8 nitrogen and oxygen atoms in total. The Kier molecular flexibility index (Phi) is 4.77. The number of carbonyl (C=O) groups is 2. The van der Waals surface area contributed by atoms with Crippen molar-refractivity contribution in [2.24, 2.45) is 5.92 Å². The fourth-order valence-corrected chi connectivity index (χ4v) is 4.87. The van der Waals surface area contributed by atoms with Gasteiger partial charge in [0.2, 0.25) is 11.7 Å². The van der Waals surface area contributed by atoms with Crippen molar-refractivity contribution >= 4 is 11.8 Å². The zero-order chi connectivity index (χ0) is 19.8. The quantitative estimate of drug-likeness (QED) is 0.791. The third kappa shape index (κ3) is 3.41. The van der Waals surface area contributed by atoms with Gasteiger partial charge in [0.25, 0.3) is 5.91 Å². The summed E-state index contributed by atoms with van der Waals surface area (Å²) in [5.74, 6) is 1.26. The lowest BCUT2D eigenvalue weighted by Gasteiger charge is -2.35. The van der Waals surface area contributed by atoms with Gasteiger partial charge in [-0.05, 0) is 37.8 Å². The average Bonchev–Trinajstić information content (AvgIpc) is 2.91. The number of aromatic nitrogens is 4. The van der Waals surface area contributed by atoms with Gasteiger partial charge in [-0.15, -0.1) is 10.2 Å². The van der Waals surface area contributed by atoms with E-state index in [-0.39, 0.29) is 23.8 Å². The van der Waals surface area contributed by atoms with Crippen molar-refractivity contribution in [1.29, 1.82) is 0 Å². The summed E-state index contributed by atoms with van der Waals surface area (Å²) in [6.45, 7) is 2.32. The summed E-state index contributed by atoms with van der Waals surface area (Å²) in [6, 6.07) is 5.79. The predicted molar refractivity (Wildman–Crippen MR) is 105 cm³/mol. The fourth-order valence-electron chi connectivity index (χ4n) is 4.87. The molecule has 0 N–H and O–H groups in total. The van der Waals surface area contributed by atoms with Crippen LogP contribution in [0.15, 0.2) is 24.4 Å². The number of hydrogen-bond donors (Lipinski definition) is 0. The van der Waals surface area contributed by atoms with E-state index in [9.17, 15) is 9.59 Å². The lowest BCUT2D eigenvalue weighted by Crippen LogP contribution is -2.47. The molecule has 8 heteroatoms. The third-order valence-corrected chi connectivity index (χ3v) is 6.44. The Bertz CT molecular complexity index is 911. The largest absolute Gasteiger partial charge is 0.333 e. The zero-order valence-corrected chi connectivity index (χ0v) is 16.5. The molecule has 2 aromatic heterocycles. The van der Waals surface area contributed by atoms with Gasteiger partial charge >= 0.3 is 0 Å². The van der Waals surface area contributed by atoms with Crippen molar-refractivity contribution in [3.63, 3.8) is 0 Å². The highest BCUT2D eigenvalue weighted by Crippen LogP contribution is 2.31. The number of nitrogens with zero attached hydrogens (tertiary/aromatic N) is 6. The third-order valence-electron chi connectivity index (χ3n) is 6.44. The van der Waals surface area contributed by atoms with Crippen LogP contribution in [0.25, 0.3) is 0 Å². The smallest absolute Gasteiger partial charge is 0.291 e. The Morgan fingerprint density at radius 3 is 2.90 bits per heavy atom. The molecule has 3 fully saturated rings. The molecule has 2 atom stereocenters. The van der Waals surface area contributed by atoms with E-state index >= 15 is 0 Å². The summed E-state index contributed by atoms with van der Waals surface area (Å²) in [7, 11) is 0. The van der Waals surface area contributed by atoms with Crippen LogP contribution in [0.1, 0.15) is 54.2 Å². The van der Waals surface area contributed by atoms with E-state index in [1.54, 1.807) is 6.20 Å². The molecule has 0 radical (unpaired) electrons. The molecule has 152 valence electrons. The number of pyridine rings is 1. The molecule has 4 aliphatic rings. The van der Waals surface area contributed by atoms with E-state index in [4.69, 9.17) is 0 Å². The minimum absolute atomic E-state index is 0.0266. The van der Waals surface area contributed by atoms with Crippen molar-refractivity contribution in [2.75, 3.05) is 13.1 Å². The summed E-state index contributed by atoms with van der Waals surface area (Å²) < 4.78 is 2.00. The Morgan fingerprint density at radius 1 is 1.10 bits per heavy atom. The van der Waals surface area contributed by atoms with Crippen LogP contribution in [0, 0.1) is 5.92 Å². The van der Waals surface area contributed by atoms with Crippen LogP contribution < -0.4 is 0 Å². The second-order valence-corrected chi connectivity index (χ2v) is 8.33. The highest BCUT2D eigenvalue weighted by atomic mass is 16.2. The van der Waals surface area contributed by atoms with Crippen molar-refractivity contribution in [3.05, 3.63) is 41.7 Å². The maximum Gasteiger partial charge on any atom is 0.291 e. The minimum atomic E-state index is -0.145. The molecule has 0 spiro atoms. The molecule has 2 bridgehead atoms. The van der Waals surface area contributed by atoms with Crippen LogP contribution in [0.2, 0.25) is 0 Å². The summed E-state index contributed by atoms with van der Waals surface area (Å²) in [5, 5.41) is 8.51. The van der Waals surface area contributed by atoms with E-state index < -0.39 is 0 Å². The van der Waals surface area contributed by atoms with E-state index in [0.717, 1.165) is 56.6 Å². The molecule has 3 saturated heterocycles. The maximum absolute atomic E-state index is 13.3. The first-order chi connectivity index (χ1) is 14.2. The van der Waals surface area contributed by atoms with Crippen molar-refractivity contribution in [1.82, 2.24) is 29.5 Å². The Labute approximate surface area is 169 Å². The van der Waals surface area contributed by atoms with Gasteiger partial charge in [0.15, 0.2) is 0 Å². The van der Waals surface area contributed by atoms with Crippen LogP contribution in [0.5, 0.6) is 0 Å². The zero-order valence-electron chi connectivity index (χ0n) is 16.5. The summed E-state index contributed by atoms with van der Waals surface area (Å²) in [5.41, 5.74) is 0.883. The van der Waals surface area contributed by atoms with Crippen molar-refractivity contribution in [3.8, 4) is 0 Å². The van der Waals surface area contributed by atoms with Crippen LogP contribution in [0.3, 0.4) is 0 Å². The van der Waals surface area contributed by atoms with Gasteiger partial charge in [0, 0.05) is 38.3 Å². The fraction of sp³-hybridized carbons (Fsp3) is 0.571. The average molecular weight is 394 g/mol. The number of amides is 2. The van der Waals surface area contributed by atoms with Crippen LogP contribution in [-0.4, -0.2) is 60.5 Å². The van der Waals surface area contributed by atoms with E-state index in [2.05, 4.69) is 15.2 Å². The molecule has 6 heterocycles. The topological polar surface area (TPSA) is 84.2 Å². The standard InChI is InChI=1S/C21H26N6O2/c28-20-15-8-9-17(27(20)13-16-6-3-4-10-22-16)14-25(12-15)21(29)19-24-23-18-7-2-1-5-11-26(18)19/h3-4,6,10,15,17H,1-2,5,7-9,11-14H2/t15-,17+/m0/s1. The molecule has 2 aromatic rings. The number of aryl methyl sites for hydroxylation is 1. The molecule has 29 heavy (non-hydrogen) atoms. The number of carbonyl (C=O) groups excluding carboxylic acids is 2. The van der Waals surface area contributed by atoms with Crippen molar-refractivity contribution in [2.45, 2.75) is 57.7 Å². The van der Waals surface area contributed by atoms with E-state index in [1.165, 1.54) is 0 Å².